The van der Waals surface area contributed by atoms with Gasteiger partial charge in [-0.3, -0.25) is 4.79 Å². The number of likely N-dealkylation sites (tertiary alicyclic amines) is 1. The van der Waals surface area contributed by atoms with Crippen LogP contribution in [0.3, 0.4) is 0 Å². The van der Waals surface area contributed by atoms with Gasteiger partial charge in [-0.2, -0.15) is 11.8 Å². The van der Waals surface area contributed by atoms with E-state index in [0.29, 0.717) is 0 Å². The van der Waals surface area contributed by atoms with E-state index >= 15 is 0 Å². The minimum atomic E-state index is -0.0606. The van der Waals surface area contributed by atoms with Gasteiger partial charge in [0.25, 0.3) is 0 Å². The Morgan fingerprint density at radius 1 is 1.28 bits per heavy atom. The maximum absolute atomic E-state index is 12.3. The average Bonchev–Trinajstić information content (AvgIpc) is 2.64. The summed E-state index contributed by atoms with van der Waals surface area (Å²) in [5, 5.41) is 3.38. The van der Waals surface area contributed by atoms with Gasteiger partial charge in [0.1, 0.15) is 0 Å². The minimum absolute atomic E-state index is 0.0606. The molecule has 0 saturated carbocycles. The molecule has 3 nitrogen and oxygen atoms in total. The summed E-state index contributed by atoms with van der Waals surface area (Å²) in [7, 11) is 0. The Hall–Kier alpha value is -0.220. The van der Waals surface area contributed by atoms with Crippen molar-refractivity contribution in [3.05, 3.63) is 0 Å². The van der Waals surface area contributed by atoms with Gasteiger partial charge in [-0.1, -0.05) is 12.8 Å². The van der Waals surface area contributed by atoms with Gasteiger partial charge in [0.2, 0.25) is 5.91 Å². The standard InChI is InChI=1S/C14H28N2OS/c1-12(15-11-14(2,3)18-4)13(17)16-9-7-5-6-8-10-16/h12,15H,5-11H2,1-4H3. The van der Waals surface area contributed by atoms with Crippen LogP contribution in [0, 0.1) is 0 Å². The second kappa shape index (κ2) is 7.39. The Balaban J connectivity index is 2.40. The third kappa shape index (κ3) is 5.19. The van der Waals surface area contributed by atoms with Crippen LogP contribution in [0.5, 0.6) is 0 Å². The topological polar surface area (TPSA) is 32.3 Å². The van der Waals surface area contributed by atoms with Crippen LogP contribution in [0.2, 0.25) is 0 Å². The normalized spacial score (nSPS) is 19.4. The van der Waals surface area contributed by atoms with E-state index in [9.17, 15) is 4.79 Å². The molecule has 1 N–H and O–H groups in total. The van der Waals surface area contributed by atoms with Crippen LogP contribution < -0.4 is 5.32 Å². The predicted molar refractivity (Wildman–Crippen MR) is 80.1 cm³/mol. The number of carbonyl (C=O) groups excluding carboxylic acids is 1. The summed E-state index contributed by atoms with van der Waals surface area (Å²) in [6, 6.07) is -0.0606. The highest BCUT2D eigenvalue weighted by atomic mass is 32.2. The molecular weight excluding hydrogens is 244 g/mol. The predicted octanol–water partition coefficient (Wildman–Crippen LogP) is 2.51. The van der Waals surface area contributed by atoms with E-state index < -0.39 is 0 Å². The zero-order chi connectivity index (χ0) is 13.6. The Kier molecular flexibility index (Phi) is 6.50. The van der Waals surface area contributed by atoms with Gasteiger partial charge in [0.15, 0.2) is 0 Å². The van der Waals surface area contributed by atoms with Gasteiger partial charge in [-0.05, 0) is 39.9 Å². The summed E-state index contributed by atoms with van der Waals surface area (Å²) in [6.45, 7) is 9.15. The maximum Gasteiger partial charge on any atom is 0.239 e. The molecule has 1 rings (SSSR count). The molecule has 0 aromatic carbocycles. The number of nitrogens with one attached hydrogen (secondary N) is 1. The molecule has 1 aliphatic heterocycles. The van der Waals surface area contributed by atoms with Crippen molar-refractivity contribution in [3.8, 4) is 0 Å². The summed E-state index contributed by atoms with van der Waals surface area (Å²) in [5.74, 6) is 0.272. The number of thioether (sulfide) groups is 1. The van der Waals surface area contributed by atoms with Crippen molar-refractivity contribution in [2.75, 3.05) is 25.9 Å². The Labute approximate surface area is 116 Å². The van der Waals surface area contributed by atoms with Crippen LogP contribution in [0.1, 0.15) is 46.5 Å². The zero-order valence-electron chi connectivity index (χ0n) is 12.3. The lowest BCUT2D eigenvalue weighted by atomic mass is 10.2. The van der Waals surface area contributed by atoms with Gasteiger partial charge in [-0.15, -0.1) is 0 Å². The third-order valence-electron chi connectivity index (χ3n) is 3.67. The number of amides is 1. The lowest BCUT2D eigenvalue weighted by Gasteiger charge is -2.28. The van der Waals surface area contributed by atoms with Crippen LogP contribution >= 0.6 is 11.8 Å². The number of hydrogen-bond acceptors (Lipinski definition) is 3. The first kappa shape index (κ1) is 15.8. The number of carbonyl (C=O) groups is 1. The first-order valence-electron chi connectivity index (χ1n) is 7.03. The van der Waals surface area contributed by atoms with Crippen LogP contribution in [0.4, 0.5) is 0 Å². The monoisotopic (exact) mass is 272 g/mol. The smallest absolute Gasteiger partial charge is 0.239 e. The number of nitrogens with zero attached hydrogens (tertiary/aromatic N) is 1. The first-order chi connectivity index (χ1) is 8.46. The van der Waals surface area contributed by atoms with Crippen LogP contribution in [0.25, 0.3) is 0 Å². The summed E-state index contributed by atoms with van der Waals surface area (Å²) in [4.78, 5) is 14.4. The van der Waals surface area contributed by atoms with Gasteiger partial charge >= 0.3 is 0 Å². The summed E-state index contributed by atoms with van der Waals surface area (Å²) in [6.07, 6.45) is 6.97. The van der Waals surface area contributed by atoms with Crippen LogP contribution in [-0.4, -0.2) is 47.5 Å². The molecule has 1 fully saturated rings. The molecule has 1 saturated heterocycles. The molecule has 0 aromatic rings. The summed E-state index contributed by atoms with van der Waals surface area (Å²) >= 11 is 1.83. The second-order valence-corrected chi connectivity index (χ2v) is 7.32. The molecule has 1 amide bonds. The largest absolute Gasteiger partial charge is 0.341 e. The van der Waals surface area contributed by atoms with Gasteiger partial charge in [-0.25, -0.2) is 0 Å². The number of hydrogen-bond donors (Lipinski definition) is 1. The lowest BCUT2D eigenvalue weighted by Crippen LogP contribution is -2.48. The van der Waals surface area contributed by atoms with Gasteiger partial charge in [0.05, 0.1) is 6.04 Å². The lowest BCUT2D eigenvalue weighted by molar-refractivity contribution is -0.133. The van der Waals surface area contributed by atoms with Crippen LogP contribution in [0.15, 0.2) is 0 Å². The molecule has 0 aliphatic carbocycles. The van der Waals surface area contributed by atoms with E-state index in [0.717, 1.165) is 32.5 Å². The Morgan fingerprint density at radius 2 is 1.83 bits per heavy atom. The van der Waals surface area contributed by atoms with E-state index in [1.807, 2.05) is 23.6 Å². The molecule has 1 atom stereocenters. The summed E-state index contributed by atoms with van der Waals surface area (Å²) < 4.78 is 0.188. The third-order valence-corrected chi connectivity index (χ3v) is 4.92. The van der Waals surface area contributed by atoms with Gasteiger partial charge in [0, 0.05) is 24.4 Å². The van der Waals surface area contributed by atoms with Crippen molar-refractivity contribution in [2.24, 2.45) is 0 Å². The van der Waals surface area contributed by atoms with Crippen LogP contribution in [-0.2, 0) is 4.79 Å². The maximum atomic E-state index is 12.3. The average molecular weight is 272 g/mol. The van der Waals surface area contributed by atoms with E-state index in [-0.39, 0.29) is 16.7 Å². The fourth-order valence-electron chi connectivity index (χ4n) is 2.12. The van der Waals surface area contributed by atoms with Crippen molar-refractivity contribution in [3.63, 3.8) is 0 Å². The second-order valence-electron chi connectivity index (χ2n) is 5.81. The van der Waals surface area contributed by atoms with E-state index in [4.69, 9.17) is 0 Å². The molecule has 4 heteroatoms. The molecular formula is C14H28N2OS. The van der Waals surface area contributed by atoms with Crippen molar-refractivity contribution >= 4 is 17.7 Å². The summed E-state index contributed by atoms with van der Waals surface area (Å²) in [5.41, 5.74) is 0. The highest BCUT2D eigenvalue weighted by molar-refractivity contribution is 7.99. The SMILES string of the molecule is CSC(C)(C)CNC(C)C(=O)N1CCCCCC1. The highest BCUT2D eigenvalue weighted by Crippen LogP contribution is 2.20. The highest BCUT2D eigenvalue weighted by Gasteiger charge is 2.23. The molecule has 0 bridgehead atoms. The fraction of sp³-hybridized carbons (Fsp3) is 0.929. The quantitative estimate of drug-likeness (QED) is 0.834. The van der Waals surface area contributed by atoms with Gasteiger partial charge < -0.3 is 10.2 Å². The molecule has 0 radical (unpaired) electrons. The minimum Gasteiger partial charge on any atom is -0.341 e. The molecule has 0 spiro atoms. The molecule has 1 aliphatic rings. The molecule has 18 heavy (non-hydrogen) atoms. The zero-order valence-corrected chi connectivity index (χ0v) is 13.1. The molecule has 106 valence electrons. The Morgan fingerprint density at radius 3 is 2.33 bits per heavy atom. The molecule has 0 aromatic heterocycles. The fourth-order valence-corrected chi connectivity index (χ4v) is 2.35. The Bertz CT molecular complexity index is 261. The number of rotatable bonds is 5. The van der Waals surface area contributed by atoms with Crippen molar-refractivity contribution in [1.29, 1.82) is 0 Å². The van der Waals surface area contributed by atoms with E-state index in [1.54, 1.807) is 0 Å². The van der Waals surface area contributed by atoms with Crippen molar-refractivity contribution < 1.29 is 4.79 Å². The van der Waals surface area contributed by atoms with E-state index in [1.165, 1.54) is 12.8 Å². The molecule has 1 heterocycles. The first-order valence-corrected chi connectivity index (χ1v) is 8.26. The molecule has 1 unspecified atom stereocenters. The van der Waals surface area contributed by atoms with Crippen molar-refractivity contribution in [2.45, 2.75) is 57.2 Å². The van der Waals surface area contributed by atoms with E-state index in [2.05, 4.69) is 25.4 Å². The van der Waals surface area contributed by atoms with Crippen molar-refractivity contribution in [1.82, 2.24) is 10.2 Å².